The maximum atomic E-state index is 10.8. The molecule has 39 heavy (non-hydrogen) atoms. The highest BCUT2D eigenvalue weighted by Gasteiger charge is 2.20. The van der Waals surface area contributed by atoms with Crippen molar-refractivity contribution in [2.75, 3.05) is 20.1 Å². The highest BCUT2D eigenvalue weighted by atomic mass is 32.2. The number of carboxylic acids is 1. The van der Waals surface area contributed by atoms with Gasteiger partial charge in [0, 0.05) is 29.9 Å². The number of carboxylic acid groups (broad SMARTS) is 1. The number of likely N-dealkylation sites (N-methyl/N-ethyl adjacent to an activating group) is 1. The van der Waals surface area contributed by atoms with Crippen LogP contribution in [0, 0.1) is 0 Å². The van der Waals surface area contributed by atoms with Crippen LogP contribution in [0.1, 0.15) is 31.4 Å². The molecule has 0 fully saturated rings. The Bertz CT molecular complexity index is 1370. The summed E-state index contributed by atoms with van der Waals surface area (Å²) in [6.07, 6.45) is 1.08. The fourth-order valence-electron chi connectivity index (χ4n) is 4.72. The standard InChI is InChI=1S/C33H38N2O3S/c1-33(2,21-25-10-14-26-6-4-5-7-29(26)20-25)34-22-30(36)23-35(3)39-31-17-15-28(16-18-31)27-12-8-24(9-13-27)11-19-32(37)38/h4-10,12-18,20,30,34,36H,11,19,21-23H2,1-3H3,(H,37,38)/t30-/m1/s1. The zero-order valence-corrected chi connectivity index (χ0v) is 23.7. The van der Waals surface area contributed by atoms with E-state index in [-0.39, 0.29) is 12.0 Å². The molecule has 0 aliphatic carbocycles. The van der Waals surface area contributed by atoms with Crippen LogP contribution in [-0.4, -0.2) is 52.3 Å². The molecule has 0 unspecified atom stereocenters. The van der Waals surface area contributed by atoms with Gasteiger partial charge in [-0.25, -0.2) is 4.31 Å². The number of rotatable bonds is 13. The van der Waals surface area contributed by atoms with Crippen LogP contribution in [0.4, 0.5) is 0 Å². The molecule has 0 aliphatic heterocycles. The molecule has 0 aromatic heterocycles. The number of benzene rings is 4. The zero-order chi connectivity index (χ0) is 27.8. The second kappa shape index (κ2) is 13.3. The molecule has 6 heteroatoms. The summed E-state index contributed by atoms with van der Waals surface area (Å²) in [6, 6.07) is 31.5. The van der Waals surface area contributed by atoms with E-state index in [0.717, 1.165) is 28.0 Å². The molecular weight excluding hydrogens is 504 g/mol. The zero-order valence-electron chi connectivity index (χ0n) is 22.9. The van der Waals surface area contributed by atoms with Crippen LogP contribution in [0.25, 0.3) is 21.9 Å². The van der Waals surface area contributed by atoms with Gasteiger partial charge in [-0.15, -0.1) is 0 Å². The predicted molar refractivity (Wildman–Crippen MR) is 162 cm³/mol. The van der Waals surface area contributed by atoms with Crippen molar-refractivity contribution < 1.29 is 15.0 Å². The number of nitrogens with one attached hydrogen (secondary N) is 1. The van der Waals surface area contributed by atoms with Gasteiger partial charge in [0.15, 0.2) is 0 Å². The number of aliphatic hydroxyl groups excluding tert-OH is 1. The van der Waals surface area contributed by atoms with Gasteiger partial charge in [-0.2, -0.15) is 0 Å². The van der Waals surface area contributed by atoms with Gasteiger partial charge in [-0.3, -0.25) is 4.79 Å². The normalized spacial score (nSPS) is 12.6. The van der Waals surface area contributed by atoms with Crippen molar-refractivity contribution in [3.05, 3.63) is 102 Å². The summed E-state index contributed by atoms with van der Waals surface area (Å²) in [6.45, 7) is 5.42. The van der Waals surface area contributed by atoms with E-state index in [1.54, 1.807) is 11.9 Å². The van der Waals surface area contributed by atoms with Crippen molar-refractivity contribution >= 4 is 28.7 Å². The molecule has 4 aromatic rings. The molecule has 0 saturated heterocycles. The van der Waals surface area contributed by atoms with E-state index in [2.05, 4.69) is 90.2 Å². The molecule has 0 saturated carbocycles. The van der Waals surface area contributed by atoms with Crippen LogP contribution in [-0.2, 0) is 17.6 Å². The molecule has 0 spiro atoms. The topological polar surface area (TPSA) is 72.8 Å². The van der Waals surface area contributed by atoms with Gasteiger partial charge in [-0.05, 0) is 90.8 Å². The van der Waals surface area contributed by atoms with Crippen LogP contribution in [0.5, 0.6) is 0 Å². The number of fused-ring (bicyclic) bond motifs is 1. The Morgan fingerprint density at radius 1 is 0.897 bits per heavy atom. The molecule has 0 amide bonds. The van der Waals surface area contributed by atoms with Crippen molar-refractivity contribution in [2.24, 2.45) is 0 Å². The van der Waals surface area contributed by atoms with Gasteiger partial charge >= 0.3 is 5.97 Å². The van der Waals surface area contributed by atoms with Crippen LogP contribution >= 0.6 is 11.9 Å². The van der Waals surface area contributed by atoms with Crippen LogP contribution < -0.4 is 5.32 Å². The summed E-state index contributed by atoms with van der Waals surface area (Å²) in [7, 11) is 2.00. The van der Waals surface area contributed by atoms with Crippen LogP contribution in [0.2, 0.25) is 0 Å². The largest absolute Gasteiger partial charge is 0.481 e. The average molecular weight is 543 g/mol. The van der Waals surface area contributed by atoms with Crippen LogP contribution in [0.15, 0.2) is 95.9 Å². The lowest BCUT2D eigenvalue weighted by atomic mass is 9.93. The van der Waals surface area contributed by atoms with Crippen LogP contribution in [0.3, 0.4) is 0 Å². The quantitative estimate of drug-likeness (QED) is 0.169. The fourth-order valence-corrected chi connectivity index (χ4v) is 5.58. The number of aliphatic carboxylic acids is 1. The van der Waals surface area contributed by atoms with Gasteiger partial charge in [-0.1, -0.05) is 78.9 Å². The van der Waals surface area contributed by atoms with E-state index in [1.165, 1.54) is 16.3 Å². The minimum absolute atomic E-state index is 0.139. The first-order valence-corrected chi connectivity index (χ1v) is 14.2. The Morgan fingerprint density at radius 2 is 1.51 bits per heavy atom. The number of hydrogen-bond donors (Lipinski definition) is 3. The number of carbonyl (C=O) groups is 1. The molecule has 0 radical (unpaired) electrons. The van der Waals surface area contributed by atoms with Gasteiger partial charge < -0.3 is 15.5 Å². The van der Waals surface area contributed by atoms with E-state index in [9.17, 15) is 9.90 Å². The van der Waals surface area contributed by atoms with E-state index >= 15 is 0 Å². The van der Waals surface area contributed by atoms with Gasteiger partial charge in [0.2, 0.25) is 0 Å². The first-order chi connectivity index (χ1) is 18.7. The van der Waals surface area contributed by atoms with E-state index in [4.69, 9.17) is 5.11 Å². The molecule has 5 nitrogen and oxygen atoms in total. The molecule has 4 rings (SSSR count). The third-order valence-corrected chi connectivity index (χ3v) is 7.72. The second-order valence-electron chi connectivity index (χ2n) is 10.8. The number of aliphatic hydroxyl groups is 1. The molecular formula is C33H38N2O3S. The third kappa shape index (κ3) is 8.94. The molecule has 4 aromatic carbocycles. The number of nitrogens with zero attached hydrogens (tertiary/aromatic N) is 1. The molecule has 1 atom stereocenters. The average Bonchev–Trinajstić information content (AvgIpc) is 2.91. The van der Waals surface area contributed by atoms with E-state index in [0.29, 0.717) is 19.5 Å². The number of aryl methyl sites for hydroxylation is 1. The molecule has 0 heterocycles. The maximum Gasteiger partial charge on any atom is 0.303 e. The Balaban J connectivity index is 1.23. The summed E-state index contributed by atoms with van der Waals surface area (Å²) in [5.41, 5.74) is 4.39. The minimum Gasteiger partial charge on any atom is -0.481 e. The second-order valence-corrected chi connectivity index (χ2v) is 12.1. The molecule has 3 N–H and O–H groups in total. The van der Waals surface area contributed by atoms with Crippen molar-refractivity contribution in [1.82, 2.24) is 9.62 Å². The predicted octanol–water partition coefficient (Wildman–Crippen LogP) is 6.43. The van der Waals surface area contributed by atoms with E-state index < -0.39 is 12.1 Å². The third-order valence-electron chi connectivity index (χ3n) is 6.77. The summed E-state index contributed by atoms with van der Waals surface area (Å²) in [5, 5.41) is 25.6. The Labute approximate surface area is 236 Å². The smallest absolute Gasteiger partial charge is 0.303 e. The van der Waals surface area contributed by atoms with Gasteiger partial charge in [0.25, 0.3) is 0 Å². The SMILES string of the molecule is CN(C[C@H](O)CNC(C)(C)Cc1ccc2ccccc2c1)Sc1ccc(-c2ccc(CCC(=O)O)cc2)cc1. The number of β-amino-alcohol motifs (C(OH)–C–C–N with tert-alkyl or cyclic N) is 1. The summed E-state index contributed by atoms with van der Waals surface area (Å²) < 4.78 is 2.06. The minimum atomic E-state index is -0.776. The van der Waals surface area contributed by atoms with E-state index in [1.807, 2.05) is 31.3 Å². The van der Waals surface area contributed by atoms with Crippen molar-refractivity contribution in [2.45, 2.75) is 49.6 Å². The van der Waals surface area contributed by atoms with Crippen molar-refractivity contribution in [3.8, 4) is 11.1 Å². The lowest BCUT2D eigenvalue weighted by molar-refractivity contribution is -0.136. The Morgan fingerprint density at radius 3 is 2.18 bits per heavy atom. The monoisotopic (exact) mass is 542 g/mol. The Hall–Kier alpha value is -3.16. The van der Waals surface area contributed by atoms with Gasteiger partial charge in [0.05, 0.1) is 6.10 Å². The summed E-state index contributed by atoms with van der Waals surface area (Å²) in [5.74, 6) is -0.776. The fraction of sp³-hybridized carbons (Fsp3) is 0.303. The highest BCUT2D eigenvalue weighted by Crippen LogP contribution is 2.26. The lowest BCUT2D eigenvalue weighted by Gasteiger charge is -2.29. The lowest BCUT2D eigenvalue weighted by Crippen LogP contribution is -2.46. The molecule has 204 valence electrons. The first kappa shape index (κ1) is 28.8. The first-order valence-electron chi connectivity index (χ1n) is 13.4. The summed E-state index contributed by atoms with van der Waals surface area (Å²) >= 11 is 1.61. The highest BCUT2D eigenvalue weighted by molar-refractivity contribution is 7.97. The van der Waals surface area contributed by atoms with Crippen molar-refractivity contribution in [3.63, 3.8) is 0 Å². The maximum absolute atomic E-state index is 10.8. The molecule has 0 bridgehead atoms. The molecule has 0 aliphatic rings. The van der Waals surface area contributed by atoms with Gasteiger partial charge in [0.1, 0.15) is 0 Å². The van der Waals surface area contributed by atoms with Crippen molar-refractivity contribution in [1.29, 1.82) is 0 Å². The number of hydrogen-bond acceptors (Lipinski definition) is 5. The Kier molecular flexibility index (Phi) is 9.81. The summed E-state index contributed by atoms with van der Waals surface area (Å²) in [4.78, 5) is 11.9.